The van der Waals surface area contributed by atoms with Gasteiger partial charge in [-0.25, -0.2) is 0 Å². The van der Waals surface area contributed by atoms with Crippen LogP contribution in [-0.2, 0) is 0 Å². The summed E-state index contributed by atoms with van der Waals surface area (Å²) in [6.07, 6.45) is 1.60. The van der Waals surface area contributed by atoms with Gasteiger partial charge < -0.3 is 24.8 Å². The van der Waals surface area contributed by atoms with Crippen LogP contribution >= 0.6 is 0 Å². The number of rotatable bonds is 6. The highest BCUT2D eigenvalue weighted by molar-refractivity contribution is 5.98. The van der Waals surface area contributed by atoms with E-state index in [4.69, 9.17) is 24.9 Å². The third kappa shape index (κ3) is 4.28. The summed E-state index contributed by atoms with van der Waals surface area (Å²) in [4.78, 5) is 32.2. The summed E-state index contributed by atoms with van der Waals surface area (Å²) in [6.45, 7) is 1.03. The van der Waals surface area contributed by atoms with Crippen molar-refractivity contribution >= 4 is 22.7 Å². The number of carbonyl (C=O) groups is 2. The van der Waals surface area contributed by atoms with E-state index in [0.717, 1.165) is 23.7 Å². The zero-order chi connectivity index (χ0) is 23.5. The predicted molar refractivity (Wildman–Crippen MR) is 124 cm³/mol. The van der Waals surface area contributed by atoms with Crippen molar-refractivity contribution in [1.82, 2.24) is 9.88 Å². The largest absolute Gasteiger partial charge is 0.493 e. The molecule has 8 heteroatoms. The molecule has 8 nitrogen and oxygen atoms in total. The van der Waals surface area contributed by atoms with Gasteiger partial charge in [-0.05, 0) is 37.1 Å². The van der Waals surface area contributed by atoms with Crippen molar-refractivity contribution in [3.05, 3.63) is 59.3 Å². The number of para-hydroxylation sites is 1. The second-order valence-electron chi connectivity index (χ2n) is 7.98. The van der Waals surface area contributed by atoms with E-state index in [0.29, 0.717) is 47.2 Å². The number of benzene rings is 2. The molecule has 2 N–H and O–H groups in total. The number of primary amides is 1. The first-order valence-corrected chi connectivity index (χ1v) is 10.8. The van der Waals surface area contributed by atoms with Crippen LogP contribution in [0, 0.1) is 0 Å². The summed E-state index contributed by atoms with van der Waals surface area (Å²) in [6, 6.07) is 12.7. The second kappa shape index (κ2) is 9.36. The normalized spacial score (nSPS) is 15.8. The van der Waals surface area contributed by atoms with E-state index in [1.54, 1.807) is 23.1 Å². The van der Waals surface area contributed by atoms with Gasteiger partial charge in [0, 0.05) is 30.0 Å². The van der Waals surface area contributed by atoms with Gasteiger partial charge in [-0.2, -0.15) is 0 Å². The SMILES string of the molecule is COc1cc(C(=O)N2CCCC(c3nc4ccccc4cc3C(N)=O)C2)cc(OC)c1OC. The molecule has 0 bridgehead atoms. The molecule has 4 rings (SSSR count). The second-order valence-corrected chi connectivity index (χ2v) is 7.98. The number of aromatic nitrogens is 1. The van der Waals surface area contributed by atoms with Crippen molar-refractivity contribution in [1.29, 1.82) is 0 Å². The Balaban J connectivity index is 1.67. The van der Waals surface area contributed by atoms with E-state index in [1.165, 1.54) is 21.3 Å². The molecule has 1 saturated heterocycles. The van der Waals surface area contributed by atoms with Crippen LogP contribution in [0.3, 0.4) is 0 Å². The molecule has 1 unspecified atom stereocenters. The van der Waals surface area contributed by atoms with Gasteiger partial charge in [0.15, 0.2) is 11.5 Å². The third-order valence-electron chi connectivity index (χ3n) is 6.03. The summed E-state index contributed by atoms with van der Waals surface area (Å²) >= 11 is 0. The minimum Gasteiger partial charge on any atom is -0.493 e. The molecule has 33 heavy (non-hydrogen) atoms. The van der Waals surface area contributed by atoms with E-state index in [2.05, 4.69) is 0 Å². The van der Waals surface area contributed by atoms with Crippen LogP contribution < -0.4 is 19.9 Å². The Hall–Kier alpha value is -3.81. The van der Waals surface area contributed by atoms with Crippen LogP contribution in [0.1, 0.15) is 45.2 Å². The van der Waals surface area contributed by atoms with Crippen LogP contribution in [0.25, 0.3) is 10.9 Å². The highest BCUT2D eigenvalue weighted by Gasteiger charge is 2.30. The first-order valence-electron chi connectivity index (χ1n) is 10.8. The van der Waals surface area contributed by atoms with Crippen LogP contribution in [0.4, 0.5) is 0 Å². The molecule has 172 valence electrons. The molecule has 0 aliphatic carbocycles. The van der Waals surface area contributed by atoms with Gasteiger partial charge in [0.25, 0.3) is 11.8 Å². The average molecular weight is 450 g/mol. The monoisotopic (exact) mass is 449 g/mol. The van der Waals surface area contributed by atoms with Crippen molar-refractivity contribution in [2.75, 3.05) is 34.4 Å². The van der Waals surface area contributed by atoms with Gasteiger partial charge in [0.2, 0.25) is 5.75 Å². The molecule has 3 aromatic rings. The number of carbonyl (C=O) groups excluding carboxylic acids is 2. The van der Waals surface area contributed by atoms with E-state index in [-0.39, 0.29) is 11.8 Å². The lowest BCUT2D eigenvalue weighted by Crippen LogP contribution is -2.39. The fourth-order valence-corrected chi connectivity index (χ4v) is 4.41. The molecule has 1 aromatic heterocycles. The van der Waals surface area contributed by atoms with Crippen LogP contribution in [0.15, 0.2) is 42.5 Å². The summed E-state index contributed by atoms with van der Waals surface area (Å²) in [7, 11) is 4.54. The van der Waals surface area contributed by atoms with Crippen molar-refractivity contribution in [2.24, 2.45) is 5.73 Å². The van der Waals surface area contributed by atoms with E-state index < -0.39 is 5.91 Å². The number of fused-ring (bicyclic) bond motifs is 1. The molecular weight excluding hydrogens is 422 g/mol. The van der Waals surface area contributed by atoms with Gasteiger partial charge in [-0.3, -0.25) is 14.6 Å². The molecular formula is C25H27N3O5. The topological polar surface area (TPSA) is 104 Å². The van der Waals surface area contributed by atoms with Crippen LogP contribution in [-0.4, -0.2) is 56.1 Å². The zero-order valence-corrected chi connectivity index (χ0v) is 19.0. The maximum absolute atomic E-state index is 13.4. The zero-order valence-electron chi connectivity index (χ0n) is 19.0. The Morgan fingerprint density at radius 1 is 1.03 bits per heavy atom. The molecule has 1 aliphatic rings. The number of hydrogen-bond donors (Lipinski definition) is 1. The summed E-state index contributed by atoms with van der Waals surface area (Å²) in [5.41, 5.74) is 7.97. The van der Waals surface area contributed by atoms with Crippen molar-refractivity contribution in [3.8, 4) is 17.2 Å². The van der Waals surface area contributed by atoms with E-state index >= 15 is 0 Å². The number of piperidine rings is 1. The quantitative estimate of drug-likeness (QED) is 0.619. The van der Waals surface area contributed by atoms with E-state index in [1.807, 2.05) is 24.3 Å². The minimum absolute atomic E-state index is 0.100. The molecule has 2 heterocycles. The molecule has 0 saturated carbocycles. The number of pyridine rings is 1. The van der Waals surface area contributed by atoms with Gasteiger partial charge in [-0.15, -0.1) is 0 Å². The molecule has 2 amide bonds. The summed E-state index contributed by atoms with van der Waals surface area (Å²) < 4.78 is 16.1. The molecule has 1 atom stereocenters. The number of methoxy groups -OCH3 is 3. The van der Waals surface area contributed by atoms with Crippen molar-refractivity contribution in [3.63, 3.8) is 0 Å². The highest BCUT2D eigenvalue weighted by Crippen LogP contribution is 2.39. The molecule has 0 radical (unpaired) electrons. The first-order chi connectivity index (χ1) is 16.0. The number of nitrogens with zero attached hydrogens (tertiary/aromatic N) is 2. The number of likely N-dealkylation sites (tertiary alicyclic amines) is 1. The lowest BCUT2D eigenvalue weighted by molar-refractivity contribution is 0.0705. The van der Waals surface area contributed by atoms with Gasteiger partial charge >= 0.3 is 0 Å². The molecule has 1 fully saturated rings. The minimum atomic E-state index is -0.517. The summed E-state index contributed by atoms with van der Waals surface area (Å²) in [5.74, 6) is 0.495. The average Bonchev–Trinajstić information content (AvgIpc) is 2.86. The number of nitrogens with two attached hydrogens (primary N) is 1. The maximum atomic E-state index is 13.4. The van der Waals surface area contributed by atoms with Gasteiger partial charge in [0.1, 0.15) is 0 Å². The Labute approximate surface area is 192 Å². The lowest BCUT2D eigenvalue weighted by atomic mass is 9.90. The van der Waals surface area contributed by atoms with Gasteiger partial charge in [0.05, 0.1) is 38.1 Å². The Kier molecular flexibility index (Phi) is 6.35. The lowest BCUT2D eigenvalue weighted by Gasteiger charge is -2.33. The number of ether oxygens (including phenoxy) is 3. The Bertz CT molecular complexity index is 1180. The van der Waals surface area contributed by atoms with Crippen molar-refractivity contribution in [2.45, 2.75) is 18.8 Å². The fourth-order valence-electron chi connectivity index (χ4n) is 4.41. The van der Waals surface area contributed by atoms with Crippen LogP contribution in [0.2, 0.25) is 0 Å². The van der Waals surface area contributed by atoms with Gasteiger partial charge in [-0.1, -0.05) is 18.2 Å². The summed E-state index contributed by atoms with van der Waals surface area (Å²) in [5, 5.41) is 0.858. The third-order valence-corrected chi connectivity index (χ3v) is 6.03. The van der Waals surface area contributed by atoms with Crippen LogP contribution in [0.5, 0.6) is 17.2 Å². The Morgan fingerprint density at radius 2 is 1.73 bits per heavy atom. The maximum Gasteiger partial charge on any atom is 0.254 e. The van der Waals surface area contributed by atoms with E-state index in [9.17, 15) is 9.59 Å². The molecule has 0 spiro atoms. The molecule has 1 aliphatic heterocycles. The van der Waals surface area contributed by atoms with Crippen molar-refractivity contribution < 1.29 is 23.8 Å². The number of hydrogen-bond acceptors (Lipinski definition) is 6. The standard InChI is InChI=1S/C25H27N3O5/c1-31-20-12-17(13-21(32-2)23(20)33-3)25(30)28-10-6-8-16(14-28)22-18(24(26)29)11-15-7-4-5-9-19(15)27-22/h4-5,7,9,11-13,16H,6,8,10,14H2,1-3H3,(H2,26,29). The highest BCUT2D eigenvalue weighted by atomic mass is 16.5. The fraction of sp³-hybridized carbons (Fsp3) is 0.320. The predicted octanol–water partition coefficient (Wildman–Crippen LogP) is 3.38. The molecule has 2 aromatic carbocycles. The Morgan fingerprint density at radius 3 is 2.36 bits per heavy atom. The first kappa shape index (κ1) is 22.4. The number of amides is 2. The smallest absolute Gasteiger partial charge is 0.254 e.